The lowest BCUT2D eigenvalue weighted by atomic mass is 9.92. The molecule has 2 saturated heterocycles. The van der Waals surface area contributed by atoms with Crippen LogP contribution in [0.25, 0.3) is 0 Å². The van der Waals surface area contributed by atoms with E-state index in [9.17, 15) is 9.59 Å². The van der Waals surface area contributed by atoms with Crippen molar-refractivity contribution in [2.75, 3.05) is 71.9 Å². The van der Waals surface area contributed by atoms with Crippen LogP contribution >= 0.6 is 11.6 Å². The lowest BCUT2D eigenvalue weighted by Crippen LogP contribution is -2.52. The Morgan fingerprint density at radius 3 is 2.09 bits per heavy atom. The van der Waals surface area contributed by atoms with E-state index in [4.69, 9.17) is 21.1 Å². The zero-order valence-corrected chi connectivity index (χ0v) is 20.3. The minimum absolute atomic E-state index is 0.134. The Hall–Kier alpha value is -2.03. The van der Waals surface area contributed by atoms with Crippen LogP contribution in [0.15, 0.2) is 12.1 Å². The van der Waals surface area contributed by atoms with Crippen LogP contribution in [0.3, 0.4) is 0 Å². The number of benzene rings is 1. The molecule has 1 N–H and O–H groups in total. The van der Waals surface area contributed by atoms with Crippen LogP contribution in [0.5, 0.6) is 11.5 Å². The van der Waals surface area contributed by atoms with Crippen LogP contribution < -0.4 is 14.8 Å². The maximum atomic E-state index is 12.7. The molecule has 9 heteroatoms. The van der Waals surface area contributed by atoms with Crippen molar-refractivity contribution in [3.05, 3.63) is 17.2 Å². The predicted molar refractivity (Wildman–Crippen MR) is 126 cm³/mol. The first kappa shape index (κ1) is 24.6. The van der Waals surface area contributed by atoms with E-state index >= 15 is 0 Å². The van der Waals surface area contributed by atoms with Gasteiger partial charge in [-0.25, -0.2) is 0 Å². The number of methoxy groups -OCH3 is 2. The summed E-state index contributed by atoms with van der Waals surface area (Å²) in [4.78, 5) is 31.6. The fourth-order valence-electron chi connectivity index (χ4n) is 4.61. The molecule has 2 aliphatic heterocycles. The molecule has 2 atom stereocenters. The molecule has 0 spiro atoms. The summed E-state index contributed by atoms with van der Waals surface area (Å²) in [6.45, 7) is 9.93. The van der Waals surface area contributed by atoms with Gasteiger partial charge in [-0.05, 0) is 24.3 Å². The number of anilines is 1. The van der Waals surface area contributed by atoms with Crippen molar-refractivity contribution in [2.45, 2.75) is 20.3 Å². The van der Waals surface area contributed by atoms with Gasteiger partial charge >= 0.3 is 0 Å². The molecule has 2 unspecified atom stereocenters. The summed E-state index contributed by atoms with van der Waals surface area (Å²) in [5.41, 5.74) is 0.512. The van der Waals surface area contributed by atoms with Crippen LogP contribution in [-0.4, -0.2) is 93.1 Å². The molecule has 0 aliphatic carbocycles. The minimum Gasteiger partial charge on any atom is -0.495 e. The molecular formula is C23H35ClN4O4. The molecule has 0 saturated carbocycles. The van der Waals surface area contributed by atoms with Gasteiger partial charge in [0.25, 0.3) is 0 Å². The molecule has 3 rings (SSSR count). The first-order valence-corrected chi connectivity index (χ1v) is 11.6. The number of piperidine rings is 1. The second kappa shape index (κ2) is 11.2. The molecule has 2 heterocycles. The van der Waals surface area contributed by atoms with E-state index < -0.39 is 0 Å². The highest BCUT2D eigenvalue weighted by atomic mass is 35.5. The fourth-order valence-corrected chi connectivity index (χ4v) is 4.85. The van der Waals surface area contributed by atoms with Gasteiger partial charge in [0.05, 0.1) is 38.0 Å². The average Bonchev–Trinajstić information content (AvgIpc) is 2.74. The number of ether oxygens (including phenoxy) is 2. The van der Waals surface area contributed by atoms with Crippen molar-refractivity contribution in [3.8, 4) is 11.5 Å². The summed E-state index contributed by atoms with van der Waals surface area (Å²) in [5, 5.41) is 3.28. The van der Waals surface area contributed by atoms with Crippen LogP contribution in [-0.2, 0) is 9.59 Å². The molecule has 0 radical (unpaired) electrons. The summed E-state index contributed by atoms with van der Waals surface area (Å²) >= 11 is 6.18. The fraction of sp³-hybridized carbons (Fsp3) is 0.652. The number of hydrogen-bond donors (Lipinski definition) is 1. The number of rotatable bonds is 7. The topological polar surface area (TPSA) is 74.4 Å². The number of likely N-dealkylation sites (tertiary alicyclic amines) is 1. The monoisotopic (exact) mass is 466 g/mol. The van der Waals surface area contributed by atoms with Gasteiger partial charge in [0.15, 0.2) is 0 Å². The molecule has 1 aromatic rings. The Labute approximate surface area is 195 Å². The smallest absolute Gasteiger partial charge is 0.238 e. The lowest BCUT2D eigenvalue weighted by Gasteiger charge is -2.38. The maximum Gasteiger partial charge on any atom is 0.238 e. The molecule has 32 heavy (non-hydrogen) atoms. The largest absolute Gasteiger partial charge is 0.495 e. The number of piperazine rings is 1. The SMILES string of the molecule is COc1cc(OC)c(NC(=O)CN2CCN(CC(=O)N3CC(C)CC(C)C3)CC2)cc1Cl. The first-order chi connectivity index (χ1) is 15.3. The highest BCUT2D eigenvalue weighted by Gasteiger charge is 2.28. The van der Waals surface area contributed by atoms with E-state index in [-0.39, 0.29) is 18.4 Å². The molecule has 2 fully saturated rings. The summed E-state index contributed by atoms with van der Waals surface area (Å²) in [6, 6.07) is 3.28. The van der Waals surface area contributed by atoms with E-state index in [1.54, 1.807) is 12.1 Å². The lowest BCUT2D eigenvalue weighted by molar-refractivity contribution is -0.135. The molecular weight excluding hydrogens is 432 g/mol. The van der Waals surface area contributed by atoms with Crippen molar-refractivity contribution in [1.82, 2.24) is 14.7 Å². The van der Waals surface area contributed by atoms with Crippen molar-refractivity contribution < 1.29 is 19.1 Å². The Bertz CT molecular complexity index is 803. The van der Waals surface area contributed by atoms with Crippen LogP contribution in [0, 0.1) is 11.8 Å². The van der Waals surface area contributed by atoms with E-state index in [1.807, 2.05) is 4.90 Å². The number of carbonyl (C=O) groups excluding carboxylic acids is 2. The number of hydrogen-bond acceptors (Lipinski definition) is 6. The van der Waals surface area contributed by atoms with E-state index in [0.29, 0.717) is 40.6 Å². The minimum atomic E-state index is -0.134. The molecule has 0 bridgehead atoms. The summed E-state index contributed by atoms with van der Waals surface area (Å²) < 4.78 is 10.5. The molecule has 8 nitrogen and oxygen atoms in total. The van der Waals surface area contributed by atoms with Gasteiger partial charge in [-0.1, -0.05) is 25.4 Å². The second-order valence-corrected chi connectivity index (χ2v) is 9.44. The second-order valence-electron chi connectivity index (χ2n) is 9.03. The Morgan fingerprint density at radius 2 is 1.53 bits per heavy atom. The van der Waals surface area contributed by atoms with E-state index in [0.717, 1.165) is 39.3 Å². The zero-order valence-electron chi connectivity index (χ0n) is 19.5. The number of nitrogens with one attached hydrogen (secondary N) is 1. The third-order valence-electron chi connectivity index (χ3n) is 6.16. The molecule has 2 amide bonds. The third-order valence-corrected chi connectivity index (χ3v) is 6.46. The number of halogens is 1. The molecule has 1 aromatic carbocycles. The highest BCUT2D eigenvalue weighted by Crippen LogP contribution is 2.35. The zero-order chi connectivity index (χ0) is 23.3. The average molecular weight is 467 g/mol. The first-order valence-electron chi connectivity index (χ1n) is 11.2. The summed E-state index contributed by atoms with van der Waals surface area (Å²) in [5.74, 6) is 2.20. The van der Waals surface area contributed by atoms with Crippen molar-refractivity contribution in [3.63, 3.8) is 0 Å². The standard InChI is InChI=1S/C23H35ClN4O4/c1-16-9-17(2)13-28(12-16)23(30)15-27-7-5-26(6-8-27)14-22(29)25-19-10-18(24)20(31-3)11-21(19)32-4/h10-11,16-17H,5-9,12-15H2,1-4H3,(H,25,29). The predicted octanol–water partition coefficient (Wildman–Crippen LogP) is 2.42. The molecule has 2 aliphatic rings. The number of carbonyl (C=O) groups is 2. The Morgan fingerprint density at radius 1 is 0.969 bits per heavy atom. The molecule has 178 valence electrons. The van der Waals surface area contributed by atoms with Gasteiger partial charge in [-0.2, -0.15) is 0 Å². The number of amides is 2. The normalized spacial score (nSPS) is 22.5. The van der Waals surface area contributed by atoms with Crippen LogP contribution in [0.2, 0.25) is 5.02 Å². The Kier molecular flexibility index (Phi) is 8.62. The van der Waals surface area contributed by atoms with Gasteiger partial charge in [-0.3, -0.25) is 19.4 Å². The van der Waals surface area contributed by atoms with Crippen molar-refractivity contribution in [1.29, 1.82) is 0 Å². The number of nitrogens with zero attached hydrogens (tertiary/aromatic N) is 3. The Balaban J connectivity index is 1.45. The quantitative estimate of drug-likeness (QED) is 0.665. The maximum absolute atomic E-state index is 12.7. The molecule has 0 aromatic heterocycles. The highest BCUT2D eigenvalue weighted by molar-refractivity contribution is 6.32. The van der Waals surface area contributed by atoms with E-state index in [2.05, 4.69) is 29.0 Å². The van der Waals surface area contributed by atoms with Gasteiger partial charge in [0, 0.05) is 45.3 Å². The van der Waals surface area contributed by atoms with Gasteiger partial charge < -0.3 is 19.7 Å². The summed E-state index contributed by atoms with van der Waals surface area (Å²) in [7, 11) is 3.06. The van der Waals surface area contributed by atoms with Gasteiger partial charge in [0.1, 0.15) is 11.5 Å². The third kappa shape index (κ3) is 6.49. The van der Waals surface area contributed by atoms with Crippen molar-refractivity contribution in [2.24, 2.45) is 11.8 Å². The van der Waals surface area contributed by atoms with Crippen molar-refractivity contribution >= 4 is 29.1 Å². The van der Waals surface area contributed by atoms with Crippen LogP contribution in [0.4, 0.5) is 5.69 Å². The van der Waals surface area contributed by atoms with E-state index in [1.165, 1.54) is 20.6 Å². The van der Waals surface area contributed by atoms with Crippen LogP contribution in [0.1, 0.15) is 20.3 Å². The van der Waals surface area contributed by atoms with Gasteiger partial charge in [0.2, 0.25) is 11.8 Å². The summed E-state index contributed by atoms with van der Waals surface area (Å²) in [6.07, 6.45) is 1.19. The van der Waals surface area contributed by atoms with Gasteiger partial charge in [-0.15, -0.1) is 0 Å².